The number of hydrogen-bond donors (Lipinski definition) is 5. The molecule has 216 valence electrons. The van der Waals surface area contributed by atoms with Gasteiger partial charge >= 0.3 is 243 Å². The molecule has 0 bridgehead atoms. The van der Waals surface area contributed by atoms with Crippen molar-refractivity contribution in [2.45, 2.75) is 16.2 Å². The summed E-state index contributed by atoms with van der Waals surface area (Å²) in [5, 5.41) is 16.2. The third-order valence-electron chi connectivity index (χ3n) is 5.63. The van der Waals surface area contributed by atoms with E-state index in [2.05, 4.69) is 20.8 Å². The topological polar surface area (TPSA) is 212 Å². The molecule has 1 aliphatic rings. The molecule has 5 N–H and O–H groups in total. The summed E-state index contributed by atoms with van der Waals surface area (Å²) < 4.78 is 63.9. The van der Waals surface area contributed by atoms with Gasteiger partial charge in [0.15, 0.2) is 0 Å². The minimum absolute atomic E-state index is 0.0246. The molecule has 1 heterocycles. The van der Waals surface area contributed by atoms with Crippen LogP contribution >= 0.6 is 19.8 Å². The number of hydrogen-bond acceptors (Lipinski definition) is 10. The van der Waals surface area contributed by atoms with Gasteiger partial charge in [-0.1, -0.05) is 0 Å². The fourth-order valence-corrected chi connectivity index (χ4v) is 8.67. The van der Waals surface area contributed by atoms with E-state index >= 15 is 0 Å². The Labute approximate surface area is 242 Å². The van der Waals surface area contributed by atoms with E-state index in [-0.39, 0.29) is 43.7 Å². The Bertz CT molecular complexity index is 1740. The Hall–Kier alpha value is -3.71. The van der Waals surface area contributed by atoms with Crippen molar-refractivity contribution < 1.29 is 40.6 Å². The Kier molecular flexibility index (Phi) is 9.17. The number of aromatic hydroxyl groups is 1. The van der Waals surface area contributed by atoms with Crippen LogP contribution < -0.4 is 10.7 Å². The molecular weight excluding hydrogens is 691 g/mol. The van der Waals surface area contributed by atoms with Crippen molar-refractivity contribution in [3.8, 4) is 5.75 Å². The molecule has 1 amide bonds. The van der Waals surface area contributed by atoms with Crippen LogP contribution in [-0.4, -0.2) is 63.3 Å². The van der Waals surface area contributed by atoms with Gasteiger partial charge in [0.2, 0.25) is 0 Å². The number of anilines is 1. The van der Waals surface area contributed by atoms with Crippen LogP contribution in [0.15, 0.2) is 92.7 Å². The summed E-state index contributed by atoms with van der Waals surface area (Å²) in [5.74, 6) is -0.530. The van der Waals surface area contributed by atoms with Gasteiger partial charge in [-0.2, -0.15) is 0 Å². The summed E-state index contributed by atoms with van der Waals surface area (Å²) in [6.45, 7) is 0.202. The van der Waals surface area contributed by atoms with Gasteiger partial charge < -0.3 is 0 Å². The van der Waals surface area contributed by atoms with Gasteiger partial charge in [-0.25, -0.2) is 0 Å². The van der Waals surface area contributed by atoms with E-state index in [0.29, 0.717) is 9.99 Å². The first-order chi connectivity index (χ1) is 19.3. The van der Waals surface area contributed by atoms with Crippen LogP contribution in [0.25, 0.3) is 0 Å². The summed E-state index contributed by atoms with van der Waals surface area (Å²) in [7, 11) is -8.84. The quantitative estimate of drug-likeness (QED) is 0.0545. The van der Waals surface area contributed by atoms with E-state index in [1.54, 1.807) is 12.1 Å². The summed E-state index contributed by atoms with van der Waals surface area (Å²) >= 11 is -2.84. The number of nitrogens with zero attached hydrogens (tertiary/aromatic N) is 2. The SMILES string of the molecule is O=C(NCCc1ccc(O)cc1)C1=NCI(c2ccc(S(=O)(=O)O)cc2)C(=O)C1=NNc1ccc(S(=O)(=O)O)cc1. The second kappa shape index (κ2) is 12.4. The molecule has 1 aliphatic heterocycles. The molecule has 13 nitrogen and oxygen atoms in total. The molecule has 0 aromatic heterocycles. The number of halogens is 1. The van der Waals surface area contributed by atoms with Crippen LogP contribution in [0.2, 0.25) is 0 Å². The minimum atomic E-state index is -4.42. The van der Waals surface area contributed by atoms with Gasteiger partial charge in [0.25, 0.3) is 0 Å². The van der Waals surface area contributed by atoms with Crippen LogP contribution in [0.1, 0.15) is 5.56 Å². The number of rotatable bonds is 9. The van der Waals surface area contributed by atoms with Gasteiger partial charge in [0.05, 0.1) is 0 Å². The number of phenolic OH excluding ortho intramolecular Hbond substituents is 1. The van der Waals surface area contributed by atoms with Crippen molar-refractivity contribution in [2.24, 2.45) is 10.1 Å². The zero-order valence-electron chi connectivity index (χ0n) is 20.9. The fraction of sp³-hybridized carbons (Fsp3) is 0.120. The maximum atomic E-state index is 13.6. The van der Waals surface area contributed by atoms with Gasteiger partial charge in [-0.3, -0.25) is 0 Å². The van der Waals surface area contributed by atoms with Crippen LogP contribution in [-0.2, 0) is 36.2 Å². The van der Waals surface area contributed by atoms with Crippen molar-refractivity contribution >= 4 is 66.9 Å². The van der Waals surface area contributed by atoms with Crippen LogP contribution in [0.3, 0.4) is 0 Å². The van der Waals surface area contributed by atoms with Gasteiger partial charge in [0, 0.05) is 0 Å². The zero-order chi connectivity index (χ0) is 29.8. The van der Waals surface area contributed by atoms with E-state index < -0.39 is 49.8 Å². The standard InChI is InChI=1S/C25H23IN4O9S2/c31-19-7-1-16(2-8-19)13-14-27-25(33)23-22(30-29-18-5-11-21(12-6-18)41(37,38)39)24(32)26(15-28-23)17-3-9-20(10-4-17)40(34,35)36/h1-12,29,31H,13-15H2,(H,27,33)(H,34,35,36)(H,37,38,39). The van der Waals surface area contributed by atoms with E-state index in [0.717, 1.165) is 17.7 Å². The molecule has 3 aromatic carbocycles. The second-order valence-corrected chi connectivity index (χ2v) is 16.3. The molecule has 0 saturated carbocycles. The average Bonchev–Trinajstić information content (AvgIpc) is 2.92. The van der Waals surface area contributed by atoms with E-state index in [1.807, 2.05) is 0 Å². The van der Waals surface area contributed by atoms with Crippen LogP contribution in [0.4, 0.5) is 5.69 Å². The van der Waals surface area contributed by atoms with E-state index in [1.165, 1.54) is 48.5 Å². The first-order valence-electron chi connectivity index (χ1n) is 11.6. The van der Waals surface area contributed by atoms with E-state index in [9.17, 15) is 36.1 Å². The monoisotopic (exact) mass is 714 g/mol. The molecule has 0 atom stereocenters. The van der Waals surface area contributed by atoms with Crippen LogP contribution in [0.5, 0.6) is 5.75 Å². The van der Waals surface area contributed by atoms with Crippen molar-refractivity contribution in [3.05, 3.63) is 81.9 Å². The molecule has 0 spiro atoms. The van der Waals surface area contributed by atoms with Crippen molar-refractivity contribution in [1.82, 2.24) is 5.32 Å². The molecule has 0 aliphatic carbocycles. The third-order valence-corrected chi connectivity index (χ3v) is 12.3. The first-order valence-corrected chi connectivity index (χ1v) is 18.2. The van der Waals surface area contributed by atoms with Crippen molar-refractivity contribution in [2.75, 3.05) is 16.5 Å². The molecule has 41 heavy (non-hydrogen) atoms. The van der Waals surface area contributed by atoms with Crippen LogP contribution in [0, 0.1) is 3.57 Å². The molecule has 0 saturated heterocycles. The molecular formula is C25H23IN4O9S2. The summed E-state index contributed by atoms with van der Waals surface area (Å²) in [6, 6.07) is 16.5. The Morgan fingerprint density at radius 1 is 0.878 bits per heavy atom. The predicted octanol–water partition coefficient (Wildman–Crippen LogP) is 2.33. The number of amides is 1. The van der Waals surface area contributed by atoms with E-state index in [4.69, 9.17) is 4.55 Å². The average molecular weight is 715 g/mol. The number of alkyl halides is 1. The number of carbonyl (C=O) groups is 2. The van der Waals surface area contributed by atoms with Gasteiger partial charge in [0.1, 0.15) is 0 Å². The summed E-state index contributed by atoms with van der Waals surface area (Å²) in [5.41, 5.74) is 3.28. The zero-order valence-corrected chi connectivity index (χ0v) is 24.7. The summed E-state index contributed by atoms with van der Waals surface area (Å²) in [4.78, 5) is 30.3. The number of aliphatic imine (C=N–C) groups is 1. The molecule has 0 fully saturated rings. The molecule has 16 heteroatoms. The Balaban J connectivity index is 1.58. The maximum absolute atomic E-state index is 13.6. The third kappa shape index (κ3) is 7.73. The fourth-order valence-electron chi connectivity index (χ4n) is 3.54. The molecule has 4 rings (SSSR count). The molecule has 0 unspecified atom stereocenters. The first kappa shape index (κ1) is 30.3. The Morgan fingerprint density at radius 3 is 2.00 bits per heavy atom. The number of phenols is 1. The predicted molar refractivity (Wildman–Crippen MR) is 158 cm³/mol. The van der Waals surface area contributed by atoms with Crippen molar-refractivity contribution in [3.63, 3.8) is 0 Å². The second-order valence-electron chi connectivity index (χ2n) is 8.43. The molecule has 3 aromatic rings. The number of carbonyl (C=O) groups excluding carboxylic acids is 2. The molecule has 0 radical (unpaired) electrons. The number of nitrogens with one attached hydrogen (secondary N) is 2. The van der Waals surface area contributed by atoms with Gasteiger partial charge in [-0.15, -0.1) is 0 Å². The van der Waals surface area contributed by atoms with Crippen molar-refractivity contribution in [1.29, 1.82) is 0 Å². The van der Waals surface area contributed by atoms with Gasteiger partial charge in [-0.05, 0) is 0 Å². The normalized spacial score (nSPS) is 15.9. The summed E-state index contributed by atoms with van der Waals surface area (Å²) in [6.07, 6.45) is 0.441. The number of hydrazone groups is 1. The Morgan fingerprint density at radius 2 is 1.44 bits per heavy atom. The number of benzene rings is 3.